The molecule has 0 fully saturated rings. The first kappa shape index (κ1) is 15.8. The van der Waals surface area contributed by atoms with Crippen molar-refractivity contribution in [1.29, 1.82) is 0 Å². The highest BCUT2D eigenvalue weighted by Gasteiger charge is 2.24. The van der Waals surface area contributed by atoms with E-state index in [2.05, 4.69) is 4.98 Å². The maximum atomic E-state index is 13.8. The van der Waals surface area contributed by atoms with E-state index >= 15 is 0 Å². The molecular formula is C15H18ClFN2O2. The number of rotatable bonds is 1. The summed E-state index contributed by atoms with van der Waals surface area (Å²) in [6.45, 7) is 6.30. The Balaban J connectivity index is 2.08. The summed E-state index contributed by atoms with van der Waals surface area (Å²) in [5, 5.41) is 0.252. The van der Waals surface area contributed by atoms with Gasteiger partial charge in [0.05, 0.1) is 0 Å². The monoisotopic (exact) mass is 312 g/mol. The summed E-state index contributed by atoms with van der Waals surface area (Å²) in [4.78, 5) is 17.5. The van der Waals surface area contributed by atoms with Crippen LogP contribution >= 0.6 is 11.6 Å². The number of carbonyl (C=O) groups excluding carboxylic acids is 1. The molecule has 0 spiro atoms. The standard InChI is InChI=1S/C15H18ClFN2O2/c1-15(2,3)21-14(20)19-8-6-10(7-9-19)13-11(17)4-5-12(16)18-13/h4-6H,7-9H2,1-3H3. The van der Waals surface area contributed by atoms with E-state index in [9.17, 15) is 9.18 Å². The highest BCUT2D eigenvalue weighted by atomic mass is 35.5. The molecule has 0 saturated carbocycles. The van der Waals surface area contributed by atoms with Gasteiger partial charge in [-0.25, -0.2) is 14.2 Å². The lowest BCUT2D eigenvalue weighted by atomic mass is 10.0. The van der Waals surface area contributed by atoms with Gasteiger partial charge in [0.1, 0.15) is 22.3 Å². The van der Waals surface area contributed by atoms with Gasteiger partial charge in [0.2, 0.25) is 0 Å². The van der Waals surface area contributed by atoms with Crippen LogP contribution in [0.2, 0.25) is 5.15 Å². The number of hydrogen-bond donors (Lipinski definition) is 0. The number of aromatic nitrogens is 1. The van der Waals surface area contributed by atoms with Crippen molar-refractivity contribution in [2.45, 2.75) is 32.8 Å². The van der Waals surface area contributed by atoms with Crippen LogP contribution < -0.4 is 0 Å². The average molecular weight is 313 g/mol. The van der Waals surface area contributed by atoms with E-state index in [0.717, 1.165) is 5.57 Å². The van der Waals surface area contributed by atoms with Crippen LogP contribution in [0.4, 0.5) is 9.18 Å². The van der Waals surface area contributed by atoms with Crippen molar-refractivity contribution in [2.24, 2.45) is 0 Å². The van der Waals surface area contributed by atoms with Gasteiger partial charge in [-0.05, 0) is 44.9 Å². The quantitative estimate of drug-likeness (QED) is 0.739. The predicted octanol–water partition coefficient (Wildman–Crippen LogP) is 3.90. The smallest absolute Gasteiger partial charge is 0.410 e. The van der Waals surface area contributed by atoms with Crippen LogP contribution in [0.5, 0.6) is 0 Å². The van der Waals surface area contributed by atoms with Gasteiger partial charge in [0.15, 0.2) is 0 Å². The van der Waals surface area contributed by atoms with Gasteiger partial charge in [-0.15, -0.1) is 0 Å². The molecule has 21 heavy (non-hydrogen) atoms. The van der Waals surface area contributed by atoms with Gasteiger partial charge in [0, 0.05) is 13.1 Å². The second-order valence-electron chi connectivity index (χ2n) is 5.87. The van der Waals surface area contributed by atoms with Crippen LogP contribution in [0.15, 0.2) is 18.2 Å². The van der Waals surface area contributed by atoms with E-state index in [1.807, 2.05) is 20.8 Å². The van der Waals surface area contributed by atoms with Crippen molar-refractivity contribution in [2.75, 3.05) is 13.1 Å². The SMILES string of the molecule is CC(C)(C)OC(=O)N1CC=C(c2nc(Cl)ccc2F)CC1. The molecule has 0 bridgehead atoms. The number of amides is 1. The first-order valence-corrected chi connectivity index (χ1v) is 7.13. The number of pyridine rings is 1. The normalized spacial score (nSPS) is 15.7. The summed E-state index contributed by atoms with van der Waals surface area (Å²) < 4.78 is 19.1. The molecule has 0 aliphatic carbocycles. The molecule has 1 aliphatic heterocycles. The summed E-state index contributed by atoms with van der Waals surface area (Å²) in [6.07, 6.45) is 1.94. The second kappa shape index (κ2) is 6.02. The molecule has 6 heteroatoms. The van der Waals surface area contributed by atoms with Crippen LogP contribution in [0.1, 0.15) is 32.9 Å². The zero-order valence-corrected chi connectivity index (χ0v) is 13.1. The summed E-state index contributed by atoms with van der Waals surface area (Å²) in [7, 11) is 0. The zero-order valence-electron chi connectivity index (χ0n) is 12.3. The Morgan fingerprint density at radius 2 is 2.14 bits per heavy atom. The van der Waals surface area contributed by atoms with E-state index in [-0.39, 0.29) is 16.9 Å². The zero-order chi connectivity index (χ0) is 15.6. The molecule has 0 unspecified atom stereocenters. The fourth-order valence-corrected chi connectivity index (χ4v) is 2.17. The number of hydrogen-bond acceptors (Lipinski definition) is 3. The molecule has 2 heterocycles. The Kier molecular flexibility index (Phi) is 4.52. The Hall–Kier alpha value is -1.62. The molecule has 0 N–H and O–H groups in total. The van der Waals surface area contributed by atoms with E-state index < -0.39 is 11.4 Å². The van der Waals surface area contributed by atoms with Crippen molar-refractivity contribution in [3.8, 4) is 0 Å². The summed E-state index contributed by atoms with van der Waals surface area (Å²) in [5.74, 6) is -0.406. The van der Waals surface area contributed by atoms with Gasteiger partial charge in [-0.1, -0.05) is 17.7 Å². The van der Waals surface area contributed by atoms with Gasteiger partial charge in [0.25, 0.3) is 0 Å². The van der Waals surface area contributed by atoms with Crippen molar-refractivity contribution >= 4 is 23.3 Å². The Morgan fingerprint density at radius 1 is 1.43 bits per heavy atom. The average Bonchev–Trinajstić information content (AvgIpc) is 2.40. The Labute approximate surface area is 128 Å². The first-order chi connectivity index (χ1) is 9.76. The maximum absolute atomic E-state index is 13.8. The molecule has 4 nitrogen and oxygen atoms in total. The van der Waals surface area contributed by atoms with Crippen LogP contribution in [-0.2, 0) is 4.74 Å². The lowest BCUT2D eigenvalue weighted by molar-refractivity contribution is 0.0270. The largest absolute Gasteiger partial charge is 0.444 e. The Bertz CT molecular complexity index is 582. The van der Waals surface area contributed by atoms with E-state index in [0.29, 0.717) is 19.5 Å². The third-order valence-corrected chi connectivity index (χ3v) is 3.19. The van der Waals surface area contributed by atoms with Gasteiger partial charge in [-0.2, -0.15) is 0 Å². The maximum Gasteiger partial charge on any atom is 0.410 e. The predicted molar refractivity (Wildman–Crippen MR) is 79.6 cm³/mol. The lowest BCUT2D eigenvalue weighted by Gasteiger charge is -2.29. The lowest BCUT2D eigenvalue weighted by Crippen LogP contribution is -2.39. The molecule has 1 aromatic rings. The van der Waals surface area contributed by atoms with Crippen molar-refractivity contribution in [3.05, 3.63) is 34.9 Å². The van der Waals surface area contributed by atoms with E-state index in [1.165, 1.54) is 12.1 Å². The fourth-order valence-electron chi connectivity index (χ4n) is 2.02. The van der Waals surface area contributed by atoms with E-state index in [4.69, 9.17) is 16.3 Å². The summed E-state index contributed by atoms with van der Waals surface area (Å²) >= 11 is 5.80. The van der Waals surface area contributed by atoms with Gasteiger partial charge in [-0.3, -0.25) is 0 Å². The third-order valence-electron chi connectivity index (χ3n) is 2.98. The first-order valence-electron chi connectivity index (χ1n) is 6.75. The third kappa shape index (κ3) is 4.17. The molecule has 1 amide bonds. The Morgan fingerprint density at radius 3 is 2.71 bits per heavy atom. The number of halogens is 2. The summed E-state index contributed by atoms with van der Waals surface area (Å²) in [6, 6.07) is 2.71. The molecule has 1 aromatic heterocycles. The second-order valence-corrected chi connectivity index (χ2v) is 6.26. The number of ether oxygens (including phenoxy) is 1. The minimum Gasteiger partial charge on any atom is -0.444 e. The van der Waals surface area contributed by atoms with Gasteiger partial charge >= 0.3 is 6.09 Å². The molecule has 0 saturated heterocycles. The van der Waals surface area contributed by atoms with Crippen molar-refractivity contribution in [1.82, 2.24) is 9.88 Å². The highest BCUT2D eigenvalue weighted by Crippen LogP contribution is 2.25. The number of carbonyl (C=O) groups is 1. The van der Waals surface area contributed by atoms with Crippen molar-refractivity contribution in [3.63, 3.8) is 0 Å². The molecular weight excluding hydrogens is 295 g/mol. The molecule has 1 aliphatic rings. The van der Waals surface area contributed by atoms with Gasteiger partial charge < -0.3 is 9.64 Å². The van der Waals surface area contributed by atoms with Crippen LogP contribution in [-0.4, -0.2) is 34.7 Å². The van der Waals surface area contributed by atoms with Crippen LogP contribution in [0, 0.1) is 5.82 Å². The van der Waals surface area contributed by atoms with E-state index in [1.54, 1.807) is 11.0 Å². The molecule has 0 atom stereocenters. The molecule has 0 radical (unpaired) electrons. The molecule has 0 aromatic carbocycles. The molecule has 2 rings (SSSR count). The topological polar surface area (TPSA) is 42.4 Å². The van der Waals surface area contributed by atoms with Crippen molar-refractivity contribution < 1.29 is 13.9 Å². The minimum atomic E-state index is -0.526. The highest BCUT2D eigenvalue weighted by molar-refractivity contribution is 6.29. The van der Waals surface area contributed by atoms with Crippen LogP contribution in [0.25, 0.3) is 5.57 Å². The minimum absolute atomic E-state index is 0.252. The summed E-state index contributed by atoms with van der Waals surface area (Å²) in [5.41, 5.74) is 0.489. The fraction of sp³-hybridized carbons (Fsp3) is 0.467. The molecule has 114 valence electrons. The van der Waals surface area contributed by atoms with Crippen LogP contribution in [0.3, 0.4) is 0 Å². The number of nitrogens with zero attached hydrogens (tertiary/aromatic N) is 2.